The maximum atomic E-state index is 11.9. The Kier molecular flexibility index (Phi) is 8.30. The molecule has 0 radical (unpaired) electrons. The van der Waals surface area contributed by atoms with E-state index >= 15 is 0 Å². The highest BCUT2D eigenvalue weighted by atomic mass is 127. The van der Waals surface area contributed by atoms with Crippen LogP contribution in [0.25, 0.3) is 0 Å². The number of nitrogens with one attached hydrogen (secondary N) is 1. The van der Waals surface area contributed by atoms with Crippen LogP contribution in [0.3, 0.4) is 0 Å². The number of nitrogens with zero attached hydrogens (tertiary/aromatic N) is 1. The molecule has 7 heteroatoms. The van der Waals surface area contributed by atoms with E-state index in [2.05, 4.69) is 27.9 Å². The van der Waals surface area contributed by atoms with E-state index in [1.54, 1.807) is 0 Å². The van der Waals surface area contributed by atoms with Gasteiger partial charge in [0.15, 0.2) is 0 Å². The lowest BCUT2D eigenvalue weighted by atomic mass is 10.1. The van der Waals surface area contributed by atoms with Crippen molar-refractivity contribution in [2.75, 3.05) is 11.0 Å². The summed E-state index contributed by atoms with van der Waals surface area (Å²) in [4.78, 5) is 24.6. The average Bonchev–Trinajstić information content (AvgIpc) is 2.51. The van der Waals surface area contributed by atoms with Crippen LogP contribution in [-0.2, 0) is 11.3 Å². The lowest BCUT2D eigenvalue weighted by molar-refractivity contribution is 0.0971. The van der Waals surface area contributed by atoms with Gasteiger partial charge in [-0.2, -0.15) is 0 Å². The first kappa shape index (κ1) is 20.5. The number of hydrogen-bond acceptors (Lipinski definition) is 3. The molecule has 1 rings (SSSR count). The van der Waals surface area contributed by atoms with Crippen LogP contribution < -0.4 is 5.32 Å². The minimum atomic E-state index is -0.957. The van der Waals surface area contributed by atoms with Crippen LogP contribution in [0.5, 0.6) is 0 Å². The van der Waals surface area contributed by atoms with Gasteiger partial charge in [0.25, 0.3) is 0 Å². The van der Waals surface area contributed by atoms with Crippen molar-refractivity contribution >= 4 is 34.8 Å². The molecular formula is C17H25IN2O4. The zero-order chi connectivity index (χ0) is 18.2. The highest BCUT2D eigenvalue weighted by Crippen LogP contribution is 2.15. The number of hydrogen-bond donors (Lipinski definition) is 2. The first-order valence-corrected chi connectivity index (χ1v) is 9.30. The second kappa shape index (κ2) is 9.71. The van der Waals surface area contributed by atoms with Gasteiger partial charge in [-0.1, -0.05) is 52.9 Å². The van der Waals surface area contributed by atoms with Crippen molar-refractivity contribution in [3.63, 3.8) is 0 Å². The Morgan fingerprint density at radius 3 is 2.42 bits per heavy atom. The molecule has 134 valence electrons. The summed E-state index contributed by atoms with van der Waals surface area (Å²) in [5.41, 5.74) is 0.443. The second-order valence-corrected chi connectivity index (χ2v) is 7.33. The van der Waals surface area contributed by atoms with E-state index in [-0.39, 0.29) is 12.6 Å². The van der Waals surface area contributed by atoms with Gasteiger partial charge in [-0.3, -0.25) is 0 Å². The van der Waals surface area contributed by atoms with E-state index in [4.69, 9.17) is 4.74 Å². The van der Waals surface area contributed by atoms with Crippen LogP contribution in [0, 0.1) is 0 Å². The first-order valence-electron chi connectivity index (χ1n) is 7.77. The lowest BCUT2D eigenvalue weighted by Gasteiger charge is -2.34. The highest BCUT2D eigenvalue weighted by Gasteiger charge is 2.26. The van der Waals surface area contributed by atoms with Gasteiger partial charge in [-0.05, 0) is 32.8 Å². The zero-order valence-corrected chi connectivity index (χ0v) is 16.4. The molecule has 0 bridgehead atoms. The molecule has 0 aromatic heterocycles. The normalized spacial score (nSPS) is 12.3. The fraction of sp³-hybridized carbons (Fsp3) is 0.529. The molecule has 0 aliphatic rings. The van der Waals surface area contributed by atoms with Crippen molar-refractivity contribution in [2.24, 2.45) is 0 Å². The molecule has 0 heterocycles. The van der Waals surface area contributed by atoms with Gasteiger partial charge >= 0.3 is 12.2 Å². The number of ether oxygens (including phenoxy) is 1. The zero-order valence-electron chi connectivity index (χ0n) is 14.3. The summed E-state index contributed by atoms with van der Waals surface area (Å²) >= 11 is 2.17. The molecule has 1 aromatic carbocycles. The summed E-state index contributed by atoms with van der Waals surface area (Å²) in [6, 6.07) is 9.31. The van der Waals surface area contributed by atoms with Gasteiger partial charge < -0.3 is 20.1 Å². The van der Waals surface area contributed by atoms with Crippen LogP contribution in [0.15, 0.2) is 30.3 Å². The predicted molar refractivity (Wildman–Crippen MR) is 102 cm³/mol. The first-order chi connectivity index (χ1) is 11.2. The van der Waals surface area contributed by atoms with Crippen LogP contribution in [0.1, 0.15) is 32.8 Å². The minimum Gasteiger partial charge on any atom is -0.465 e. The van der Waals surface area contributed by atoms with Gasteiger partial charge in [-0.15, -0.1) is 0 Å². The summed E-state index contributed by atoms with van der Waals surface area (Å²) < 4.78 is 5.88. The van der Waals surface area contributed by atoms with E-state index in [1.807, 2.05) is 51.1 Å². The van der Waals surface area contributed by atoms with Crippen LogP contribution in [0.4, 0.5) is 9.59 Å². The van der Waals surface area contributed by atoms with Gasteiger partial charge in [0.2, 0.25) is 0 Å². The SMILES string of the molecule is CC(C)(C)N(CC[C@H](CI)NC(=O)OCc1ccccc1)C(=O)O. The summed E-state index contributed by atoms with van der Waals surface area (Å²) in [5, 5.41) is 12.1. The maximum Gasteiger partial charge on any atom is 0.407 e. The van der Waals surface area contributed by atoms with E-state index in [0.29, 0.717) is 17.4 Å². The molecule has 0 aliphatic heterocycles. The minimum absolute atomic E-state index is 0.141. The number of rotatable bonds is 7. The molecule has 0 fully saturated rings. The molecule has 1 atom stereocenters. The number of alkyl carbamates (subject to hydrolysis) is 1. The summed E-state index contributed by atoms with van der Waals surface area (Å²) in [6.45, 7) is 6.11. The number of halogens is 1. The molecule has 1 aromatic rings. The van der Waals surface area contributed by atoms with Gasteiger partial charge in [-0.25, -0.2) is 9.59 Å². The molecule has 2 N–H and O–H groups in total. The van der Waals surface area contributed by atoms with Crippen molar-refractivity contribution in [1.82, 2.24) is 10.2 Å². The Balaban J connectivity index is 2.45. The molecule has 6 nitrogen and oxygen atoms in total. The number of alkyl halides is 1. The quantitative estimate of drug-likeness (QED) is 0.490. The topological polar surface area (TPSA) is 78.9 Å². The molecule has 0 saturated heterocycles. The molecule has 24 heavy (non-hydrogen) atoms. The fourth-order valence-electron chi connectivity index (χ4n) is 2.12. The van der Waals surface area contributed by atoms with E-state index in [1.165, 1.54) is 4.90 Å². The second-order valence-electron chi connectivity index (χ2n) is 6.45. The third-order valence-electron chi connectivity index (χ3n) is 3.46. The Hall–Kier alpha value is -1.51. The maximum absolute atomic E-state index is 11.9. The number of carbonyl (C=O) groups is 2. The third kappa shape index (κ3) is 7.37. The largest absolute Gasteiger partial charge is 0.465 e. The third-order valence-corrected chi connectivity index (χ3v) is 4.53. The van der Waals surface area contributed by atoms with Crippen LogP contribution >= 0.6 is 22.6 Å². The molecule has 2 amide bonds. The summed E-state index contributed by atoms with van der Waals surface area (Å²) in [5.74, 6) is 0. The standard InChI is InChI=1S/C17H25IN2O4/c1-17(2,3)20(16(22)23)10-9-14(11-18)19-15(21)24-12-13-7-5-4-6-8-13/h4-8,14H,9-12H2,1-3H3,(H,19,21)(H,22,23)/t14-/m1/s1. The number of benzene rings is 1. The number of carbonyl (C=O) groups excluding carboxylic acids is 1. The molecule has 0 unspecified atom stereocenters. The summed E-state index contributed by atoms with van der Waals surface area (Å²) in [7, 11) is 0. The molecular weight excluding hydrogens is 423 g/mol. The average molecular weight is 448 g/mol. The van der Waals surface area contributed by atoms with E-state index < -0.39 is 17.7 Å². The number of carboxylic acid groups (broad SMARTS) is 1. The van der Waals surface area contributed by atoms with Crippen molar-refractivity contribution in [3.05, 3.63) is 35.9 Å². The van der Waals surface area contributed by atoms with Gasteiger partial charge in [0.05, 0.1) is 0 Å². The van der Waals surface area contributed by atoms with E-state index in [9.17, 15) is 14.7 Å². The molecule has 0 saturated carbocycles. The Morgan fingerprint density at radius 2 is 1.92 bits per heavy atom. The Morgan fingerprint density at radius 1 is 1.29 bits per heavy atom. The Labute approximate surface area is 156 Å². The predicted octanol–water partition coefficient (Wildman–Crippen LogP) is 3.89. The smallest absolute Gasteiger partial charge is 0.407 e. The van der Waals surface area contributed by atoms with Crippen molar-refractivity contribution in [1.29, 1.82) is 0 Å². The number of amides is 2. The van der Waals surface area contributed by atoms with Crippen LogP contribution in [-0.4, -0.2) is 44.7 Å². The van der Waals surface area contributed by atoms with Crippen LogP contribution in [0.2, 0.25) is 0 Å². The van der Waals surface area contributed by atoms with Crippen molar-refractivity contribution < 1.29 is 19.4 Å². The fourth-order valence-corrected chi connectivity index (χ4v) is 2.78. The van der Waals surface area contributed by atoms with Crippen molar-refractivity contribution in [2.45, 2.75) is 45.4 Å². The van der Waals surface area contributed by atoms with E-state index in [0.717, 1.165) is 5.56 Å². The highest BCUT2D eigenvalue weighted by molar-refractivity contribution is 14.1. The lowest BCUT2D eigenvalue weighted by Crippen LogP contribution is -2.47. The molecule has 0 aliphatic carbocycles. The van der Waals surface area contributed by atoms with Gasteiger partial charge in [0, 0.05) is 22.6 Å². The Bertz CT molecular complexity index is 531. The summed E-state index contributed by atoms with van der Waals surface area (Å²) in [6.07, 6.45) is -0.910. The molecule has 0 spiro atoms. The van der Waals surface area contributed by atoms with Crippen molar-refractivity contribution in [3.8, 4) is 0 Å². The monoisotopic (exact) mass is 448 g/mol. The van der Waals surface area contributed by atoms with Gasteiger partial charge in [0.1, 0.15) is 6.61 Å².